The topological polar surface area (TPSA) is 92.5 Å². The Kier molecular flexibility index (Phi) is 4.05. The molecule has 1 aromatic heterocycles. The molecule has 2 atom stereocenters. The van der Waals surface area contributed by atoms with Crippen LogP contribution in [0.3, 0.4) is 0 Å². The second kappa shape index (κ2) is 6.29. The highest BCUT2D eigenvalue weighted by Gasteiger charge is 2.47. The van der Waals surface area contributed by atoms with E-state index in [1.165, 1.54) is 6.07 Å². The highest BCUT2D eigenvalue weighted by atomic mass is 16.6. The summed E-state index contributed by atoms with van der Waals surface area (Å²) >= 11 is 0. The maximum absolute atomic E-state index is 12.9. The van der Waals surface area contributed by atoms with Crippen molar-refractivity contribution in [3.63, 3.8) is 0 Å². The quantitative estimate of drug-likeness (QED) is 0.611. The summed E-state index contributed by atoms with van der Waals surface area (Å²) in [6, 6.07) is 6.88. The maximum Gasteiger partial charge on any atom is 0.273 e. The summed E-state index contributed by atoms with van der Waals surface area (Å²) in [6.07, 6.45) is 0.958. The number of benzene rings is 1. The van der Waals surface area contributed by atoms with Crippen LogP contribution in [0.1, 0.15) is 33.9 Å². The Morgan fingerprint density at radius 2 is 1.85 bits per heavy atom. The second-order valence-electron chi connectivity index (χ2n) is 7.33. The highest BCUT2D eigenvalue weighted by molar-refractivity contribution is 5.96. The van der Waals surface area contributed by atoms with E-state index in [1.807, 2.05) is 24.8 Å². The predicted molar refractivity (Wildman–Crippen MR) is 99.9 cm³/mol. The lowest BCUT2D eigenvalue weighted by Crippen LogP contribution is -2.70. The molecule has 0 radical (unpaired) electrons. The average molecular weight is 367 g/mol. The van der Waals surface area contributed by atoms with Crippen LogP contribution in [0.5, 0.6) is 0 Å². The molecular weight excluding hydrogens is 346 g/mol. The molecule has 1 aromatic carbocycles. The number of hydrogen-bond acceptors (Lipinski definition) is 6. The van der Waals surface area contributed by atoms with Crippen molar-refractivity contribution in [2.45, 2.75) is 39.3 Å². The van der Waals surface area contributed by atoms with E-state index in [4.69, 9.17) is 0 Å². The van der Waals surface area contributed by atoms with Crippen molar-refractivity contribution in [1.29, 1.82) is 0 Å². The third kappa shape index (κ3) is 3.01. The van der Waals surface area contributed by atoms with E-state index in [2.05, 4.69) is 14.9 Å². The van der Waals surface area contributed by atoms with Crippen LogP contribution in [-0.2, 0) is 0 Å². The van der Waals surface area contributed by atoms with Crippen LogP contribution in [0.25, 0.3) is 0 Å². The lowest BCUT2D eigenvalue weighted by atomic mass is 9.86. The van der Waals surface area contributed by atoms with E-state index in [0.29, 0.717) is 24.2 Å². The zero-order chi connectivity index (χ0) is 19.3. The molecule has 3 aliphatic heterocycles. The van der Waals surface area contributed by atoms with Crippen molar-refractivity contribution in [2.24, 2.45) is 0 Å². The van der Waals surface area contributed by atoms with Crippen molar-refractivity contribution in [1.82, 2.24) is 14.9 Å². The summed E-state index contributed by atoms with van der Waals surface area (Å²) in [5.74, 6) is 1.51. The number of nitro groups is 1. The average Bonchev–Trinajstić information content (AvgIpc) is 2.61. The number of piperazine rings is 1. The zero-order valence-corrected chi connectivity index (χ0v) is 15.5. The minimum Gasteiger partial charge on any atom is -0.352 e. The van der Waals surface area contributed by atoms with E-state index < -0.39 is 4.92 Å². The normalized spacial score (nSPS) is 21.0. The van der Waals surface area contributed by atoms with Gasteiger partial charge in [0.1, 0.15) is 11.6 Å². The fourth-order valence-electron chi connectivity index (χ4n) is 4.08. The Bertz CT molecular complexity index is 913. The summed E-state index contributed by atoms with van der Waals surface area (Å²) < 4.78 is 0. The molecule has 1 amide bonds. The molecule has 8 heteroatoms. The molecule has 5 rings (SSSR count). The number of rotatable bonds is 3. The lowest BCUT2D eigenvalue weighted by molar-refractivity contribution is -0.385. The summed E-state index contributed by atoms with van der Waals surface area (Å²) in [4.78, 5) is 36.6. The Hall–Kier alpha value is -3.03. The number of amides is 1. The molecule has 4 heterocycles. The van der Waals surface area contributed by atoms with Crippen LogP contribution in [0.15, 0.2) is 24.3 Å². The van der Waals surface area contributed by atoms with Gasteiger partial charge in [0.25, 0.3) is 11.6 Å². The van der Waals surface area contributed by atoms with Crippen LogP contribution in [0.4, 0.5) is 11.5 Å². The van der Waals surface area contributed by atoms with Gasteiger partial charge in [0, 0.05) is 42.0 Å². The van der Waals surface area contributed by atoms with Gasteiger partial charge in [-0.3, -0.25) is 14.9 Å². The standard InChI is InChI=1S/C19H21N5O3/c1-11-4-5-14(7-17(11)24(26)27)19(25)23-15-8-16(23)10-22(9-15)18-6-12(2)20-13(3)21-18/h4-7,15-16H,8-10H2,1-3H3. The largest absolute Gasteiger partial charge is 0.352 e. The first-order valence-corrected chi connectivity index (χ1v) is 8.98. The van der Waals surface area contributed by atoms with Gasteiger partial charge < -0.3 is 9.80 Å². The zero-order valence-electron chi connectivity index (χ0n) is 15.5. The fraction of sp³-hybridized carbons (Fsp3) is 0.421. The molecule has 2 aromatic rings. The number of anilines is 1. The first-order valence-electron chi connectivity index (χ1n) is 8.98. The maximum atomic E-state index is 12.9. The third-order valence-electron chi connectivity index (χ3n) is 5.36. The number of piperidine rings is 1. The van der Waals surface area contributed by atoms with Gasteiger partial charge in [-0.2, -0.15) is 0 Å². The van der Waals surface area contributed by atoms with E-state index in [1.54, 1.807) is 19.1 Å². The second-order valence-corrected chi connectivity index (χ2v) is 7.33. The van der Waals surface area contributed by atoms with Gasteiger partial charge in [-0.1, -0.05) is 6.07 Å². The van der Waals surface area contributed by atoms with Crippen molar-refractivity contribution in [3.05, 3.63) is 57.0 Å². The number of fused-ring (bicyclic) bond motifs is 2. The molecule has 0 saturated carbocycles. The van der Waals surface area contributed by atoms with Gasteiger partial charge in [0.2, 0.25) is 0 Å². The minimum atomic E-state index is -0.440. The van der Waals surface area contributed by atoms with E-state index in [-0.39, 0.29) is 23.7 Å². The van der Waals surface area contributed by atoms with Crippen LogP contribution >= 0.6 is 0 Å². The van der Waals surface area contributed by atoms with Crippen molar-refractivity contribution in [3.8, 4) is 0 Å². The first-order chi connectivity index (χ1) is 12.8. The third-order valence-corrected chi connectivity index (χ3v) is 5.36. The van der Waals surface area contributed by atoms with E-state index >= 15 is 0 Å². The molecule has 0 spiro atoms. The molecule has 27 heavy (non-hydrogen) atoms. The number of nitro benzene ring substituents is 1. The molecule has 2 unspecified atom stereocenters. The smallest absolute Gasteiger partial charge is 0.273 e. The van der Waals surface area contributed by atoms with Gasteiger partial charge in [-0.05, 0) is 33.3 Å². The summed E-state index contributed by atoms with van der Waals surface area (Å²) in [7, 11) is 0. The molecule has 0 aliphatic carbocycles. The van der Waals surface area contributed by atoms with Crippen molar-refractivity contribution < 1.29 is 9.72 Å². The van der Waals surface area contributed by atoms with Gasteiger partial charge in [-0.15, -0.1) is 0 Å². The van der Waals surface area contributed by atoms with Crippen LogP contribution < -0.4 is 4.90 Å². The van der Waals surface area contributed by atoms with Gasteiger partial charge >= 0.3 is 0 Å². The summed E-state index contributed by atoms with van der Waals surface area (Å²) in [6.45, 7) is 6.93. The van der Waals surface area contributed by atoms with Crippen LogP contribution in [0.2, 0.25) is 0 Å². The molecule has 2 bridgehead atoms. The molecular formula is C19H21N5O3. The minimum absolute atomic E-state index is 0.0138. The summed E-state index contributed by atoms with van der Waals surface area (Å²) in [5, 5.41) is 11.2. The molecule has 0 N–H and O–H groups in total. The van der Waals surface area contributed by atoms with Crippen LogP contribution in [-0.4, -0.2) is 50.9 Å². The number of carbonyl (C=O) groups excluding carboxylic acids is 1. The van der Waals surface area contributed by atoms with E-state index in [9.17, 15) is 14.9 Å². The first kappa shape index (κ1) is 17.4. The molecule has 3 saturated heterocycles. The Labute approximate surface area is 157 Å². The van der Waals surface area contributed by atoms with Crippen molar-refractivity contribution in [2.75, 3.05) is 18.0 Å². The van der Waals surface area contributed by atoms with Gasteiger partial charge in [-0.25, -0.2) is 9.97 Å². The summed E-state index contributed by atoms with van der Waals surface area (Å²) in [5.41, 5.74) is 1.85. The SMILES string of the molecule is Cc1cc(N2CC3CC(C2)N3C(=O)c2ccc(C)c([N+](=O)[O-])c2)nc(C)n1. The van der Waals surface area contributed by atoms with E-state index in [0.717, 1.165) is 23.8 Å². The molecule has 140 valence electrons. The Morgan fingerprint density at radius 1 is 1.15 bits per heavy atom. The molecule has 8 nitrogen and oxygen atoms in total. The molecule has 3 fully saturated rings. The van der Waals surface area contributed by atoms with Gasteiger partial charge in [0.05, 0.1) is 17.0 Å². The number of aromatic nitrogens is 2. The molecule has 3 aliphatic rings. The fourth-order valence-corrected chi connectivity index (χ4v) is 4.08. The number of nitrogens with zero attached hydrogens (tertiary/aromatic N) is 5. The van der Waals surface area contributed by atoms with Gasteiger partial charge in [0.15, 0.2) is 0 Å². The number of hydrogen-bond donors (Lipinski definition) is 0. The Balaban J connectivity index is 1.53. The monoisotopic (exact) mass is 367 g/mol. The highest BCUT2D eigenvalue weighted by Crippen LogP contribution is 2.36. The van der Waals surface area contributed by atoms with Crippen molar-refractivity contribution >= 4 is 17.4 Å². The Morgan fingerprint density at radius 3 is 2.48 bits per heavy atom. The number of carbonyl (C=O) groups is 1. The van der Waals surface area contributed by atoms with Crippen LogP contribution in [0, 0.1) is 30.9 Å². The predicted octanol–water partition coefficient (Wildman–Crippen LogP) is 2.41. The number of aryl methyl sites for hydroxylation is 3. The lowest BCUT2D eigenvalue weighted by Gasteiger charge is -2.56.